The molecule has 2 aromatic rings. The Balaban J connectivity index is 1.82. The van der Waals surface area contributed by atoms with Crippen molar-refractivity contribution in [3.05, 3.63) is 41.2 Å². The highest BCUT2D eigenvalue weighted by molar-refractivity contribution is 6.30. The molecule has 1 saturated heterocycles. The molecule has 1 aliphatic heterocycles. The van der Waals surface area contributed by atoms with Crippen LogP contribution in [0.3, 0.4) is 0 Å². The maximum Gasteiger partial charge on any atom is 0.268 e. The van der Waals surface area contributed by atoms with Gasteiger partial charge in [0.05, 0.1) is 11.1 Å². The molecule has 1 atom stereocenters. The standard InChI is InChI=1S/C15H19ClN4O2/c1-20-5-4-17-14(20)13(10-2-6-22-7-3-10)19-15(21)12-8-11(16)9-18-12/h4-5,8-10,13,18H,2-3,6-7H2,1H3,(H,19,21)/t13-/m1/s1. The van der Waals surface area contributed by atoms with Gasteiger partial charge in [0.1, 0.15) is 11.5 Å². The van der Waals surface area contributed by atoms with Gasteiger partial charge in [-0.2, -0.15) is 0 Å². The van der Waals surface area contributed by atoms with E-state index in [1.165, 1.54) is 0 Å². The van der Waals surface area contributed by atoms with Gasteiger partial charge in [-0.15, -0.1) is 0 Å². The zero-order valence-corrected chi connectivity index (χ0v) is 13.1. The average Bonchev–Trinajstić information content (AvgIpc) is 3.14. The maximum absolute atomic E-state index is 12.4. The second kappa shape index (κ2) is 6.54. The molecule has 0 bridgehead atoms. The van der Waals surface area contributed by atoms with Crippen molar-refractivity contribution >= 4 is 17.5 Å². The predicted molar refractivity (Wildman–Crippen MR) is 82.8 cm³/mol. The third-order valence-electron chi connectivity index (χ3n) is 4.05. The van der Waals surface area contributed by atoms with Gasteiger partial charge in [-0.05, 0) is 24.8 Å². The fraction of sp³-hybridized carbons (Fsp3) is 0.467. The van der Waals surface area contributed by atoms with Crippen molar-refractivity contribution in [2.45, 2.75) is 18.9 Å². The zero-order valence-electron chi connectivity index (χ0n) is 12.4. The summed E-state index contributed by atoms with van der Waals surface area (Å²) >= 11 is 5.87. The van der Waals surface area contributed by atoms with Gasteiger partial charge >= 0.3 is 0 Å². The molecule has 7 heteroatoms. The smallest absolute Gasteiger partial charge is 0.268 e. The minimum absolute atomic E-state index is 0.140. The number of halogens is 1. The SMILES string of the molecule is Cn1ccnc1[C@H](NC(=O)c1cc(Cl)c[nH]1)C1CCOCC1. The summed E-state index contributed by atoms with van der Waals surface area (Å²) < 4.78 is 7.37. The second-order valence-electron chi connectivity index (χ2n) is 5.53. The van der Waals surface area contributed by atoms with Crippen molar-refractivity contribution < 1.29 is 9.53 Å². The van der Waals surface area contributed by atoms with Gasteiger partial charge < -0.3 is 19.6 Å². The molecule has 0 saturated carbocycles. The van der Waals surface area contributed by atoms with E-state index in [1.807, 2.05) is 17.8 Å². The largest absolute Gasteiger partial charge is 0.381 e. The summed E-state index contributed by atoms with van der Waals surface area (Å²) in [5, 5.41) is 3.61. The number of amides is 1. The molecule has 3 rings (SSSR count). The van der Waals surface area contributed by atoms with E-state index in [9.17, 15) is 4.79 Å². The van der Waals surface area contributed by atoms with Gasteiger partial charge in [-0.25, -0.2) is 4.98 Å². The molecule has 0 aromatic carbocycles. The fourth-order valence-electron chi connectivity index (χ4n) is 2.84. The quantitative estimate of drug-likeness (QED) is 0.907. The van der Waals surface area contributed by atoms with Crippen molar-refractivity contribution in [2.24, 2.45) is 13.0 Å². The monoisotopic (exact) mass is 322 g/mol. The number of nitrogens with zero attached hydrogens (tertiary/aromatic N) is 2. The molecule has 0 radical (unpaired) electrons. The predicted octanol–water partition coefficient (Wildman–Crippen LogP) is 2.30. The Bertz CT molecular complexity index is 646. The molecule has 1 fully saturated rings. The molecule has 2 aromatic heterocycles. The van der Waals surface area contributed by atoms with Gasteiger partial charge in [0, 0.05) is 38.9 Å². The number of carbonyl (C=O) groups is 1. The zero-order chi connectivity index (χ0) is 15.5. The lowest BCUT2D eigenvalue weighted by Crippen LogP contribution is -2.37. The highest BCUT2D eigenvalue weighted by atomic mass is 35.5. The Morgan fingerprint density at radius 1 is 1.55 bits per heavy atom. The minimum Gasteiger partial charge on any atom is -0.381 e. The van der Waals surface area contributed by atoms with E-state index in [0.717, 1.165) is 31.9 Å². The van der Waals surface area contributed by atoms with Gasteiger partial charge in [0.2, 0.25) is 0 Å². The number of rotatable bonds is 4. The average molecular weight is 323 g/mol. The molecule has 0 spiro atoms. The summed E-state index contributed by atoms with van der Waals surface area (Å²) in [4.78, 5) is 19.7. The van der Waals surface area contributed by atoms with Gasteiger partial charge in [0.15, 0.2) is 0 Å². The van der Waals surface area contributed by atoms with Crippen LogP contribution in [0.4, 0.5) is 0 Å². The van der Waals surface area contributed by atoms with Crippen molar-refractivity contribution in [1.29, 1.82) is 0 Å². The van der Waals surface area contributed by atoms with E-state index >= 15 is 0 Å². The fourth-order valence-corrected chi connectivity index (χ4v) is 3.00. The van der Waals surface area contributed by atoms with E-state index < -0.39 is 0 Å². The number of hydrogen-bond acceptors (Lipinski definition) is 3. The van der Waals surface area contributed by atoms with E-state index in [0.29, 0.717) is 16.6 Å². The lowest BCUT2D eigenvalue weighted by atomic mass is 9.91. The highest BCUT2D eigenvalue weighted by Gasteiger charge is 2.30. The Labute approximate surface area is 133 Å². The molecule has 118 valence electrons. The molecular formula is C15H19ClN4O2. The molecule has 2 N–H and O–H groups in total. The van der Waals surface area contributed by atoms with Crippen LogP contribution < -0.4 is 5.32 Å². The highest BCUT2D eigenvalue weighted by Crippen LogP contribution is 2.29. The van der Waals surface area contributed by atoms with Gasteiger partial charge in [-0.1, -0.05) is 11.6 Å². The Kier molecular flexibility index (Phi) is 4.49. The Hall–Kier alpha value is -1.79. The topological polar surface area (TPSA) is 71.9 Å². The Morgan fingerprint density at radius 2 is 2.32 bits per heavy atom. The molecule has 6 nitrogen and oxygen atoms in total. The lowest BCUT2D eigenvalue weighted by molar-refractivity contribution is 0.0498. The summed E-state index contributed by atoms with van der Waals surface area (Å²) in [5.74, 6) is 0.994. The van der Waals surface area contributed by atoms with Crippen molar-refractivity contribution in [1.82, 2.24) is 19.9 Å². The summed E-state index contributed by atoms with van der Waals surface area (Å²) in [7, 11) is 1.94. The normalized spacial score (nSPS) is 17.4. The van der Waals surface area contributed by atoms with Crippen molar-refractivity contribution in [2.75, 3.05) is 13.2 Å². The van der Waals surface area contributed by atoms with Gasteiger partial charge in [0.25, 0.3) is 5.91 Å². The van der Waals surface area contributed by atoms with Crippen molar-refractivity contribution in [3.63, 3.8) is 0 Å². The maximum atomic E-state index is 12.4. The summed E-state index contributed by atoms with van der Waals surface area (Å²) in [5.41, 5.74) is 0.455. The molecule has 3 heterocycles. The number of ether oxygens (including phenoxy) is 1. The van der Waals surface area contributed by atoms with Crippen LogP contribution in [-0.2, 0) is 11.8 Å². The summed E-state index contributed by atoms with van der Waals surface area (Å²) in [6.45, 7) is 1.44. The number of aryl methyl sites for hydroxylation is 1. The number of aromatic amines is 1. The van der Waals surface area contributed by atoms with Crippen LogP contribution in [0.1, 0.15) is 35.2 Å². The number of H-pyrrole nitrogens is 1. The molecule has 1 amide bonds. The van der Waals surface area contributed by atoms with E-state index in [1.54, 1.807) is 18.5 Å². The minimum atomic E-state index is -0.175. The van der Waals surface area contributed by atoms with E-state index in [4.69, 9.17) is 16.3 Å². The van der Waals surface area contributed by atoms with E-state index in [2.05, 4.69) is 15.3 Å². The summed E-state index contributed by atoms with van der Waals surface area (Å²) in [6.07, 6.45) is 7.05. The molecule has 1 aliphatic rings. The second-order valence-corrected chi connectivity index (χ2v) is 5.97. The van der Waals surface area contributed by atoms with Crippen LogP contribution in [-0.4, -0.2) is 33.7 Å². The Morgan fingerprint density at radius 3 is 2.91 bits per heavy atom. The third-order valence-corrected chi connectivity index (χ3v) is 4.27. The number of imidazole rings is 1. The van der Waals surface area contributed by atoms with Crippen LogP contribution in [0.2, 0.25) is 5.02 Å². The van der Waals surface area contributed by atoms with Crippen LogP contribution >= 0.6 is 11.6 Å². The molecular weight excluding hydrogens is 304 g/mol. The van der Waals surface area contributed by atoms with E-state index in [-0.39, 0.29) is 11.9 Å². The molecule has 0 aliphatic carbocycles. The third kappa shape index (κ3) is 3.18. The molecule has 0 unspecified atom stereocenters. The first-order valence-corrected chi connectivity index (χ1v) is 7.72. The number of carbonyl (C=O) groups excluding carboxylic acids is 1. The van der Waals surface area contributed by atoms with Crippen molar-refractivity contribution in [3.8, 4) is 0 Å². The van der Waals surface area contributed by atoms with Crippen LogP contribution in [0.15, 0.2) is 24.7 Å². The first kappa shape index (κ1) is 15.1. The first-order valence-electron chi connectivity index (χ1n) is 7.35. The van der Waals surface area contributed by atoms with Crippen LogP contribution in [0.5, 0.6) is 0 Å². The number of hydrogen-bond donors (Lipinski definition) is 2. The summed E-state index contributed by atoms with van der Waals surface area (Å²) in [6, 6.07) is 1.48. The van der Waals surface area contributed by atoms with Crippen LogP contribution in [0, 0.1) is 5.92 Å². The van der Waals surface area contributed by atoms with Gasteiger partial charge in [-0.3, -0.25) is 4.79 Å². The first-order chi connectivity index (χ1) is 10.6. The number of nitrogens with one attached hydrogen (secondary N) is 2. The van der Waals surface area contributed by atoms with Crippen LogP contribution in [0.25, 0.3) is 0 Å². The lowest BCUT2D eigenvalue weighted by Gasteiger charge is -2.30. The number of aromatic nitrogens is 3. The molecule has 22 heavy (non-hydrogen) atoms.